The number of aromatic nitrogens is 3. The molecular formula is C20H28Cl2N6. The molecule has 1 atom stereocenters. The van der Waals surface area contributed by atoms with E-state index >= 15 is 0 Å². The lowest BCUT2D eigenvalue weighted by Crippen LogP contribution is -2.43. The smallest absolute Gasteiger partial charge is 0.229 e. The van der Waals surface area contributed by atoms with Crippen molar-refractivity contribution in [3.8, 4) is 0 Å². The Bertz CT molecular complexity index is 897. The largest absolute Gasteiger partial charge is 0.361 e. The zero-order chi connectivity index (χ0) is 17.9. The minimum Gasteiger partial charge on any atom is -0.361 e. The van der Waals surface area contributed by atoms with Crippen molar-refractivity contribution < 1.29 is 0 Å². The molecule has 1 fully saturated rings. The molecule has 0 bridgehead atoms. The summed E-state index contributed by atoms with van der Waals surface area (Å²) in [6.45, 7) is 4.03. The highest BCUT2D eigenvalue weighted by molar-refractivity contribution is 5.85. The zero-order valence-electron chi connectivity index (χ0n) is 16.0. The molecule has 28 heavy (non-hydrogen) atoms. The normalized spacial score (nSPS) is 16.4. The third-order valence-electron chi connectivity index (χ3n) is 4.86. The van der Waals surface area contributed by atoms with E-state index in [1.165, 1.54) is 5.39 Å². The fraction of sp³-hybridized carbons (Fsp3) is 0.400. The predicted octanol–water partition coefficient (Wildman–Crippen LogP) is 4.43. The number of anilines is 3. The van der Waals surface area contributed by atoms with Gasteiger partial charge in [-0.05, 0) is 42.8 Å². The third-order valence-corrected chi connectivity index (χ3v) is 4.86. The minimum atomic E-state index is 0. The zero-order valence-corrected chi connectivity index (χ0v) is 17.7. The molecule has 152 valence electrons. The Morgan fingerprint density at radius 3 is 2.86 bits per heavy atom. The second-order valence-electron chi connectivity index (χ2n) is 7.04. The molecule has 0 radical (unpaired) electrons. The number of hydrogen-bond donors (Lipinski definition) is 3. The Kier molecular flexibility index (Phi) is 7.92. The van der Waals surface area contributed by atoms with E-state index in [-0.39, 0.29) is 30.9 Å². The number of aromatic amines is 1. The van der Waals surface area contributed by atoms with Crippen LogP contribution in [0.3, 0.4) is 0 Å². The molecule has 6 nitrogen and oxygen atoms in total. The molecule has 1 aliphatic rings. The van der Waals surface area contributed by atoms with Crippen LogP contribution >= 0.6 is 24.8 Å². The van der Waals surface area contributed by atoms with E-state index < -0.39 is 0 Å². The van der Waals surface area contributed by atoms with Gasteiger partial charge in [-0.25, -0.2) is 4.98 Å². The lowest BCUT2D eigenvalue weighted by molar-refractivity contribution is 0.503. The summed E-state index contributed by atoms with van der Waals surface area (Å²) in [5.41, 5.74) is 9.31. The van der Waals surface area contributed by atoms with Gasteiger partial charge in [0.25, 0.3) is 0 Å². The molecular weight excluding hydrogens is 395 g/mol. The van der Waals surface area contributed by atoms with Crippen LogP contribution < -0.4 is 16.0 Å². The van der Waals surface area contributed by atoms with E-state index in [9.17, 15) is 0 Å². The second-order valence-corrected chi connectivity index (χ2v) is 7.04. The van der Waals surface area contributed by atoms with Crippen molar-refractivity contribution in [2.45, 2.75) is 38.6 Å². The second kappa shape index (κ2) is 9.96. The van der Waals surface area contributed by atoms with Crippen molar-refractivity contribution in [3.63, 3.8) is 0 Å². The molecule has 1 aromatic carbocycles. The summed E-state index contributed by atoms with van der Waals surface area (Å²) in [6, 6.07) is 10.6. The van der Waals surface area contributed by atoms with Crippen molar-refractivity contribution in [2.75, 3.05) is 23.3 Å². The van der Waals surface area contributed by atoms with Crippen LogP contribution in [0.15, 0.2) is 36.5 Å². The topological polar surface area (TPSA) is 82.9 Å². The average Bonchev–Trinajstić information content (AvgIpc) is 3.09. The van der Waals surface area contributed by atoms with Crippen molar-refractivity contribution in [1.29, 1.82) is 0 Å². The van der Waals surface area contributed by atoms with Crippen LogP contribution in [-0.2, 0) is 6.42 Å². The molecule has 2 aromatic heterocycles. The van der Waals surface area contributed by atoms with Gasteiger partial charge in [0.05, 0.1) is 0 Å². The van der Waals surface area contributed by atoms with E-state index in [0.29, 0.717) is 5.95 Å². The van der Waals surface area contributed by atoms with Gasteiger partial charge in [-0.1, -0.05) is 19.4 Å². The number of piperidine rings is 1. The Balaban J connectivity index is 0.00000140. The maximum atomic E-state index is 6.16. The van der Waals surface area contributed by atoms with Crippen molar-refractivity contribution in [1.82, 2.24) is 15.0 Å². The first kappa shape index (κ1) is 22.3. The van der Waals surface area contributed by atoms with Crippen molar-refractivity contribution in [3.05, 3.63) is 42.2 Å². The quantitative estimate of drug-likeness (QED) is 0.566. The lowest BCUT2D eigenvalue weighted by atomic mass is 10.1. The third kappa shape index (κ3) is 5.07. The van der Waals surface area contributed by atoms with E-state index in [2.05, 4.69) is 52.5 Å². The van der Waals surface area contributed by atoms with Crippen LogP contribution in [0.1, 0.15) is 31.9 Å². The highest BCUT2D eigenvalue weighted by Gasteiger charge is 2.19. The molecule has 0 unspecified atom stereocenters. The van der Waals surface area contributed by atoms with Gasteiger partial charge in [0.2, 0.25) is 5.95 Å². The summed E-state index contributed by atoms with van der Waals surface area (Å²) < 4.78 is 0. The molecule has 0 aliphatic carbocycles. The number of hydrogen-bond acceptors (Lipinski definition) is 5. The summed E-state index contributed by atoms with van der Waals surface area (Å²) in [5.74, 6) is 1.62. The van der Waals surface area contributed by atoms with Crippen molar-refractivity contribution >= 4 is 53.2 Å². The molecule has 0 amide bonds. The summed E-state index contributed by atoms with van der Waals surface area (Å²) in [6.07, 6.45) is 6.15. The number of fused-ring (bicyclic) bond motifs is 1. The monoisotopic (exact) mass is 422 g/mol. The highest BCUT2D eigenvalue weighted by atomic mass is 35.5. The van der Waals surface area contributed by atoms with Gasteiger partial charge in [0.1, 0.15) is 5.82 Å². The molecule has 1 saturated heterocycles. The number of nitrogens with two attached hydrogens (primary N) is 1. The maximum Gasteiger partial charge on any atom is 0.229 e. The molecule has 3 aromatic rings. The summed E-state index contributed by atoms with van der Waals surface area (Å²) >= 11 is 0. The summed E-state index contributed by atoms with van der Waals surface area (Å²) in [7, 11) is 0. The molecule has 0 saturated carbocycles. The Labute approximate surface area is 178 Å². The van der Waals surface area contributed by atoms with Crippen LogP contribution in [-0.4, -0.2) is 34.1 Å². The first-order chi connectivity index (χ1) is 12.7. The van der Waals surface area contributed by atoms with Crippen LogP contribution in [0.4, 0.5) is 17.5 Å². The van der Waals surface area contributed by atoms with E-state index in [1.807, 2.05) is 6.20 Å². The number of nitrogens with one attached hydrogen (secondary N) is 2. The van der Waals surface area contributed by atoms with Crippen LogP contribution in [0.25, 0.3) is 10.9 Å². The highest BCUT2D eigenvalue weighted by Crippen LogP contribution is 2.24. The average molecular weight is 423 g/mol. The first-order valence-corrected chi connectivity index (χ1v) is 9.44. The Morgan fingerprint density at radius 2 is 2.07 bits per heavy atom. The van der Waals surface area contributed by atoms with Crippen LogP contribution in [0, 0.1) is 0 Å². The minimum absolute atomic E-state index is 0. The van der Waals surface area contributed by atoms with Gasteiger partial charge in [0.15, 0.2) is 0 Å². The number of rotatable bonds is 5. The first-order valence-electron chi connectivity index (χ1n) is 9.44. The van der Waals surface area contributed by atoms with E-state index in [0.717, 1.165) is 61.5 Å². The Hall–Kier alpha value is -2.02. The number of aryl methyl sites for hydroxylation is 1. The molecule has 0 spiro atoms. The van der Waals surface area contributed by atoms with Gasteiger partial charge in [-0.15, -0.1) is 24.8 Å². The maximum absolute atomic E-state index is 6.16. The van der Waals surface area contributed by atoms with Gasteiger partial charge in [-0.3, -0.25) is 0 Å². The van der Waals surface area contributed by atoms with E-state index in [4.69, 9.17) is 15.7 Å². The van der Waals surface area contributed by atoms with Gasteiger partial charge >= 0.3 is 0 Å². The summed E-state index contributed by atoms with van der Waals surface area (Å²) in [4.78, 5) is 15.0. The molecule has 1 aliphatic heterocycles. The van der Waals surface area contributed by atoms with Gasteiger partial charge in [-0.2, -0.15) is 4.98 Å². The van der Waals surface area contributed by atoms with Crippen molar-refractivity contribution in [2.24, 2.45) is 5.73 Å². The number of H-pyrrole nitrogens is 1. The molecule has 3 heterocycles. The van der Waals surface area contributed by atoms with Gasteiger partial charge < -0.3 is 20.9 Å². The number of nitrogens with zero attached hydrogens (tertiary/aromatic N) is 3. The van der Waals surface area contributed by atoms with Crippen LogP contribution in [0.2, 0.25) is 0 Å². The fourth-order valence-electron chi connectivity index (χ4n) is 3.56. The lowest BCUT2D eigenvalue weighted by Gasteiger charge is -2.32. The number of benzene rings is 1. The molecule has 4 rings (SSSR count). The number of halogens is 2. The molecule has 4 N–H and O–H groups in total. The van der Waals surface area contributed by atoms with Crippen LogP contribution in [0.5, 0.6) is 0 Å². The molecule has 8 heteroatoms. The Morgan fingerprint density at radius 1 is 1.21 bits per heavy atom. The summed E-state index contributed by atoms with van der Waals surface area (Å²) in [5, 5.41) is 4.57. The SMILES string of the molecule is CCCc1cc(N2CCC[C@@H](N)C2)nc(Nc2ccc3cc[nH]c3c2)n1.Cl.Cl. The van der Waals surface area contributed by atoms with E-state index in [1.54, 1.807) is 0 Å². The standard InChI is InChI=1S/C20H26N6.2ClH/c1-2-4-16-12-19(26-10-3-5-15(21)13-26)25-20(23-16)24-17-7-6-14-8-9-22-18(14)11-17;;/h6-9,11-12,15,22H,2-5,10,13,21H2,1H3,(H,23,24,25);2*1H/t15-;;/m1../s1. The fourth-order valence-corrected chi connectivity index (χ4v) is 3.56. The predicted molar refractivity (Wildman–Crippen MR) is 122 cm³/mol. The van der Waals surface area contributed by atoms with Gasteiger partial charge in [0, 0.05) is 48.3 Å².